The number of benzene rings is 3. The van der Waals surface area contributed by atoms with E-state index in [1.807, 2.05) is 43.4 Å². The Morgan fingerprint density at radius 1 is 0.909 bits per heavy atom. The van der Waals surface area contributed by atoms with Crippen LogP contribution in [0.2, 0.25) is 0 Å². The van der Waals surface area contributed by atoms with Gasteiger partial charge in [-0.2, -0.15) is 0 Å². The summed E-state index contributed by atoms with van der Waals surface area (Å²) in [7, 11) is 1.93. The van der Waals surface area contributed by atoms with Crippen LogP contribution in [0.1, 0.15) is 94.7 Å². The van der Waals surface area contributed by atoms with Crippen molar-refractivity contribution in [3.63, 3.8) is 0 Å². The van der Waals surface area contributed by atoms with Gasteiger partial charge in [0, 0.05) is 36.8 Å². The quantitative estimate of drug-likeness (QED) is 0.0541. The molecule has 4 aliphatic carbocycles. The van der Waals surface area contributed by atoms with Gasteiger partial charge in [-0.1, -0.05) is 68.4 Å². The summed E-state index contributed by atoms with van der Waals surface area (Å²) in [6, 6.07) is 24.0. The van der Waals surface area contributed by atoms with E-state index >= 15 is 0 Å². The summed E-state index contributed by atoms with van der Waals surface area (Å²) in [5.41, 5.74) is 7.12. The number of piperidine rings is 1. The third kappa shape index (κ3) is 8.99. The molecule has 10 heteroatoms. The summed E-state index contributed by atoms with van der Waals surface area (Å²) in [5, 5.41) is 42.9. The van der Waals surface area contributed by atoms with E-state index in [2.05, 4.69) is 72.3 Å². The molecule has 350 valence electrons. The van der Waals surface area contributed by atoms with Crippen molar-refractivity contribution >= 4 is 17.5 Å². The Morgan fingerprint density at radius 3 is 2.53 bits per heavy atom. The van der Waals surface area contributed by atoms with Crippen molar-refractivity contribution in [3.05, 3.63) is 130 Å². The predicted octanol–water partition coefficient (Wildman–Crippen LogP) is 8.74. The molecule has 2 saturated heterocycles. The molecule has 10 rings (SSSR count). The Kier molecular flexibility index (Phi) is 14.1. The third-order valence-electron chi connectivity index (χ3n) is 15.8. The summed E-state index contributed by atoms with van der Waals surface area (Å²) in [6.07, 6.45) is 13.2. The highest BCUT2D eigenvalue weighted by molar-refractivity contribution is 6.07. The smallest absolute Gasteiger partial charge is 0.340 e. The molecule has 0 radical (unpaired) electrons. The van der Waals surface area contributed by atoms with Crippen LogP contribution >= 0.6 is 0 Å². The van der Waals surface area contributed by atoms with E-state index in [1.54, 1.807) is 6.07 Å². The first kappa shape index (κ1) is 46.3. The molecule has 8 atom stereocenters. The van der Waals surface area contributed by atoms with E-state index in [9.17, 15) is 24.9 Å². The molecule has 3 aliphatic heterocycles. The van der Waals surface area contributed by atoms with Crippen LogP contribution in [0.4, 0.5) is 0 Å². The van der Waals surface area contributed by atoms with Crippen molar-refractivity contribution in [2.24, 2.45) is 46.8 Å². The SMILES string of the molecule is CNCc1cccc(-c2ccc(O)cc2C2=C3C(=O)O/C(=C\[C@H](CCO)Cc4ccccc4)[C@@]34CC[C@@H]2[C@@H]2CCC3=C(C(=O)O/C3=C\C[C@H](CO)[C@@H]3CCN[C@H](NCCCC(C)C)C3)[C@@H]24)c1. The van der Waals surface area contributed by atoms with Gasteiger partial charge in [-0.3, -0.25) is 0 Å². The van der Waals surface area contributed by atoms with Gasteiger partial charge in [-0.15, -0.1) is 0 Å². The Labute approximate surface area is 390 Å². The number of phenolic OH excluding ortho intramolecular Hbond substituents is 1. The third-order valence-corrected chi connectivity index (χ3v) is 15.8. The van der Waals surface area contributed by atoms with Crippen LogP contribution in [0.3, 0.4) is 0 Å². The lowest BCUT2D eigenvalue weighted by atomic mass is 9.44. The molecule has 2 bridgehead atoms. The number of carbonyl (C=O) groups is 2. The first-order valence-corrected chi connectivity index (χ1v) is 24.8. The van der Waals surface area contributed by atoms with Crippen LogP contribution < -0.4 is 16.0 Å². The highest BCUT2D eigenvalue weighted by atomic mass is 16.6. The molecule has 7 aliphatic rings. The number of aromatic hydroxyl groups is 1. The standard InChI is InChI=1S/C56H69N3O7/c1-34(2)9-8-24-58-49-30-38(21-25-59-49)40(33-61)14-19-47-45-18-17-44-43-20-23-56(52(44)51(45)54(63)65-47)48(29-36(22-26-60)27-35-10-5-4-6-11-35)66-55(64)53(56)50(43)46-31-41(62)15-16-42(46)39-13-7-12-37(28-39)32-57-3/h4-7,10-13,15-16,19,28-29,31,34,36,38,40,43-44,49,52,57-62H,8-9,14,17-18,20-27,30,32-33H2,1-3H3/b47-19-,48-29-/t36-,38-,40-,43-,44+,49+,52-,56-/m1/s1. The average Bonchev–Trinajstić information content (AvgIpc) is 3.80. The minimum Gasteiger partial charge on any atom is -0.508 e. The molecule has 0 aromatic heterocycles. The molecule has 3 aromatic rings. The van der Waals surface area contributed by atoms with E-state index < -0.39 is 11.4 Å². The highest BCUT2D eigenvalue weighted by Gasteiger charge is 2.68. The van der Waals surface area contributed by atoms with Gasteiger partial charge in [0.2, 0.25) is 0 Å². The van der Waals surface area contributed by atoms with Crippen LogP contribution in [0.5, 0.6) is 5.75 Å². The Bertz CT molecular complexity index is 2400. The van der Waals surface area contributed by atoms with Crippen LogP contribution in [0.25, 0.3) is 16.7 Å². The van der Waals surface area contributed by atoms with E-state index in [0.29, 0.717) is 73.1 Å². The lowest BCUT2D eigenvalue weighted by Crippen LogP contribution is -2.52. The number of aliphatic hydroxyl groups is 2. The average molecular weight is 896 g/mol. The van der Waals surface area contributed by atoms with Crippen molar-refractivity contribution in [3.8, 4) is 16.9 Å². The normalized spacial score (nSPS) is 27.9. The van der Waals surface area contributed by atoms with E-state index in [-0.39, 0.29) is 60.7 Å². The lowest BCUT2D eigenvalue weighted by molar-refractivity contribution is -0.135. The number of aliphatic hydroxyl groups excluding tert-OH is 2. The summed E-state index contributed by atoms with van der Waals surface area (Å²) in [6.45, 7) is 7.10. The van der Waals surface area contributed by atoms with Crippen molar-refractivity contribution in [2.45, 2.75) is 97.2 Å². The van der Waals surface area contributed by atoms with Crippen molar-refractivity contribution < 1.29 is 34.4 Å². The molecule has 6 N–H and O–H groups in total. The van der Waals surface area contributed by atoms with Crippen molar-refractivity contribution in [2.75, 3.05) is 33.4 Å². The van der Waals surface area contributed by atoms with Crippen molar-refractivity contribution in [1.82, 2.24) is 16.0 Å². The lowest BCUT2D eigenvalue weighted by Gasteiger charge is -2.56. The maximum Gasteiger partial charge on any atom is 0.340 e. The van der Waals surface area contributed by atoms with Crippen LogP contribution in [-0.4, -0.2) is 66.8 Å². The minimum absolute atomic E-state index is 0.00203. The van der Waals surface area contributed by atoms with Gasteiger partial charge in [-0.05, 0) is 190 Å². The summed E-state index contributed by atoms with van der Waals surface area (Å²) in [4.78, 5) is 29.6. The molecule has 3 fully saturated rings. The molecule has 1 saturated carbocycles. The second kappa shape index (κ2) is 20.2. The summed E-state index contributed by atoms with van der Waals surface area (Å²) in [5.74, 6) is 0.997. The number of hydrogen-bond donors (Lipinski definition) is 6. The molecule has 0 unspecified atom stereocenters. The molecule has 3 heterocycles. The van der Waals surface area contributed by atoms with Gasteiger partial charge in [0.15, 0.2) is 0 Å². The number of allylic oxidation sites excluding steroid dienone is 5. The number of nitrogens with one attached hydrogen (secondary N) is 3. The monoisotopic (exact) mass is 896 g/mol. The van der Waals surface area contributed by atoms with E-state index in [4.69, 9.17) is 9.47 Å². The topological polar surface area (TPSA) is 149 Å². The number of hydrogen-bond acceptors (Lipinski definition) is 10. The molecule has 10 nitrogen and oxygen atoms in total. The predicted molar refractivity (Wildman–Crippen MR) is 257 cm³/mol. The van der Waals surface area contributed by atoms with Crippen LogP contribution in [-0.2, 0) is 32.0 Å². The number of rotatable bonds is 18. The molecular weight excluding hydrogens is 827 g/mol. The molecule has 66 heavy (non-hydrogen) atoms. The van der Waals surface area contributed by atoms with Gasteiger partial charge in [0.1, 0.15) is 17.3 Å². The van der Waals surface area contributed by atoms with E-state index in [1.165, 1.54) is 6.42 Å². The Balaban J connectivity index is 1.12. The fraction of sp³-hybridized carbons (Fsp3) is 0.500. The molecule has 3 aromatic carbocycles. The maximum absolute atomic E-state index is 14.9. The number of ether oxygens (including phenoxy) is 2. The van der Waals surface area contributed by atoms with Gasteiger partial charge >= 0.3 is 11.9 Å². The van der Waals surface area contributed by atoms with Crippen LogP contribution in [0, 0.1) is 46.8 Å². The molecule has 0 amide bonds. The van der Waals surface area contributed by atoms with Gasteiger partial charge in [0.25, 0.3) is 0 Å². The van der Waals surface area contributed by atoms with E-state index in [0.717, 1.165) is 84.2 Å². The zero-order valence-corrected chi connectivity index (χ0v) is 39.0. The zero-order valence-electron chi connectivity index (χ0n) is 39.0. The summed E-state index contributed by atoms with van der Waals surface area (Å²) < 4.78 is 12.9. The molecule has 1 spiro atoms. The number of carbonyl (C=O) groups excluding carboxylic acids is 2. The minimum atomic E-state index is -0.956. The number of phenols is 1. The van der Waals surface area contributed by atoms with Crippen LogP contribution in [0.15, 0.2) is 113 Å². The number of esters is 2. The zero-order chi connectivity index (χ0) is 46.0. The fourth-order valence-corrected chi connectivity index (χ4v) is 12.8. The fourth-order valence-electron chi connectivity index (χ4n) is 12.8. The largest absolute Gasteiger partial charge is 0.508 e. The highest BCUT2D eigenvalue weighted by Crippen LogP contribution is 2.72. The summed E-state index contributed by atoms with van der Waals surface area (Å²) >= 11 is 0. The molecular formula is C56H69N3O7. The van der Waals surface area contributed by atoms with Crippen molar-refractivity contribution in [1.29, 1.82) is 0 Å². The maximum atomic E-state index is 14.9. The first-order chi connectivity index (χ1) is 32.1. The second-order valence-corrected chi connectivity index (χ2v) is 20.2. The van der Waals surface area contributed by atoms with Gasteiger partial charge < -0.3 is 40.7 Å². The first-order valence-electron chi connectivity index (χ1n) is 24.8. The van der Waals surface area contributed by atoms with Gasteiger partial charge in [0.05, 0.1) is 17.2 Å². The second-order valence-electron chi connectivity index (χ2n) is 20.2. The van der Waals surface area contributed by atoms with Gasteiger partial charge in [-0.25, -0.2) is 9.59 Å². The Morgan fingerprint density at radius 2 is 1.74 bits per heavy atom. The number of cyclic esters (lactones) is 2. The Hall–Kier alpha value is -4.84. The number of fused-ring (bicyclic) bond motifs is 1.